The largest absolute Gasteiger partial charge is 0.396 e. The SMILES string of the molecule is C[C@H](CO)C[n+]1ccccc1. The molecule has 1 aromatic rings. The lowest BCUT2D eigenvalue weighted by atomic mass is 10.2. The van der Waals surface area contributed by atoms with Crippen LogP contribution in [0.15, 0.2) is 30.6 Å². The average molecular weight is 152 g/mol. The van der Waals surface area contributed by atoms with Crippen LogP contribution < -0.4 is 4.57 Å². The van der Waals surface area contributed by atoms with Crippen molar-refractivity contribution in [1.82, 2.24) is 0 Å². The second-order valence-corrected chi connectivity index (χ2v) is 2.86. The third kappa shape index (κ3) is 2.68. The highest BCUT2D eigenvalue weighted by atomic mass is 16.3. The zero-order chi connectivity index (χ0) is 8.10. The Kier molecular flexibility index (Phi) is 3.05. The Hall–Kier alpha value is -0.890. The molecule has 60 valence electrons. The van der Waals surface area contributed by atoms with E-state index < -0.39 is 0 Å². The van der Waals surface area contributed by atoms with Gasteiger partial charge in [-0.1, -0.05) is 13.0 Å². The lowest BCUT2D eigenvalue weighted by molar-refractivity contribution is -0.703. The molecule has 1 atom stereocenters. The number of hydrogen-bond acceptors (Lipinski definition) is 1. The van der Waals surface area contributed by atoms with Crippen LogP contribution in [0.5, 0.6) is 0 Å². The van der Waals surface area contributed by atoms with E-state index in [-0.39, 0.29) is 6.61 Å². The Bertz CT molecular complexity index is 198. The van der Waals surface area contributed by atoms with E-state index in [1.165, 1.54) is 0 Å². The molecule has 0 unspecified atom stereocenters. The lowest BCUT2D eigenvalue weighted by Crippen LogP contribution is -2.36. The van der Waals surface area contributed by atoms with E-state index in [0.717, 1.165) is 6.54 Å². The van der Waals surface area contributed by atoms with E-state index >= 15 is 0 Å². The Morgan fingerprint density at radius 3 is 2.45 bits per heavy atom. The smallest absolute Gasteiger partial charge is 0.168 e. The first-order valence-electron chi connectivity index (χ1n) is 3.88. The van der Waals surface area contributed by atoms with Crippen molar-refractivity contribution in [3.63, 3.8) is 0 Å². The van der Waals surface area contributed by atoms with Gasteiger partial charge in [0.05, 0.1) is 6.61 Å². The quantitative estimate of drug-likeness (QED) is 0.630. The van der Waals surface area contributed by atoms with Gasteiger partial charge in [0, 0.05) is 18.1 Å². The normalized spacial score (nSPS) is 12.9. The zero-order valence-corrected chi connectivity index (χ0v) is 6.77. The van der Waals surface area contributed by atoms with E-state index in [1.807, 2.05) is 37.5 Å². The molecule has 0 radical (unpaired) electrons. The number of aliphatic hydroxyl groups excluding tert-OH is 1. The summed E-state index contributed by atoms with van der Waals surface area (Å²) in [5.74, 6) is 0.336. The summed E-state index contributed by atoms with van der Waals surface area (Å²) in [6.45, 7) is 3.17. The van der Waals surface area contributed by atoms with Crippen LogP contribution in [0.3, 0.4) is 0 Å². The van der Waals surface area contributed by atoms with Crippen LogP contribution >= 0.6 is 0 Å². The van der Waals surface area contributed by atoms with Crippen LogP contribution in [0.2, 0.25) is 0 Å². The number of hydrogen-bond donors (Lipinski definition) is 1. The van der Waals surface area contributed by atoms with Gasteiger partial charge in [0.1, 0.15) is 0 Å². The molecular weight excluding hydrogens is 138 g/mol. The Labute approximate surface area is 67.1 Å². The molecule has 0 spiro atoms. The average Bonchev–Trinajstić information content (AvgIpc) is 2.06. The highest BCUT2D eigenvalue weighted by Crippen LogP contribution is 1.91. The van der Waals surface area contributed by atoms with Gasteiger partial charge in [0.2, 0.25) is 0 Å². The fraction of sp³-hybridized carbons (Fsp3) is 0.444. The predicted octanol–water partition coefficient (Wildman–Crippen LogP) is 0.602. The van der Waals surface area contributed by atoms with E-state index in [2.05, 4.69) is 4.57 Å². The number of pyridine rings is 1. The van der Waals surface area contributed by atoms with Crippen molar-refractivity contribution >= 4 is 0 Å². The van der Waals surface area contributed by atoms with E-state index in [0.29, 0.717) is 5.92 Å². The molecule has 1 heterocycles. The van der Waals surface area contributed by atoms with Gasteiger partial charge in [0.15, 0.2) is 18.9 Å². The number of aliphatic hydroxyl groups is 1. The van der Waals surface area contributed by atoms with E-state index in [4.69, 9.17) is 5.11 Å². The van der Waals surface area contributed by atoms with Crippen molar-refractivity contribution in [2.45, 2.75) is 13.5 Å². The summed E-state index contributed by atoms with van der Waals surface area (Å²) in [4.78, 5) is 0. The van der Waals surface area contributed by atoms with Crippen LogP contribution in [0.4, 0.5) is 0 Å². The third-order valence-electron chi connectivity index (χ3n) is 1.61. The Morgan fingerprint density at radius 2 is 1.91 bits per heavy atom. The van der Waals surface area contributed by atoms with Crippen LogP contribution in [-0.2, 0) is 6.54 Å². The van der Waals surface area contributed by atoms with Crippen molar-refractivity contribution in [3.05, 3.63) is 30.6 Å². The first-order chi connectivity index (χ1) is 5.33. The standard InChI is InChI=1S/C9H14NO/c1-9(8-11)7-10-5-3-2-4-6-10/h2-6,9,11H,7-8H2,1H3/q+1/t9-/m0/s1. The van der Waals surface area contributed by atoms with E-state index in [9.17, 15) is 0 Å². The van der Waals surface area contributed by atoms with Gasteiger partial charge in [-0.3, -0.25) is 0 Å². The van der Waals surface area contributed by atoms with Gasteiger partial charge >= 0.3 is 0 Å². The van der Waals surface area contributed by atoms with Gasteiger partial charge in [-0.15, -0.1) is 0 Å². The minimum atomic E-state index is 0.252. The van der Waals surface area contributed by atoms with Gasteiger partial charge in [0.25, 0.3) is 0 Å². The van der Waals surface area contributed by atoms with Crippen LogP contribution in [0, 0.1) is 5.92 Å². The molecule has 11 heavy (non-hydrogen) atoms. The summed E-state index contributed by atoms with van der Waals surface area (Å²) in [6.07, 6.45) is 4.01. The topological polar surface area (TPSA) is 24.1 Å². The van der Waals surface area contributed by atoms with Crippen LogP contribution in [0.25, 0.3) is 0 Å². The number of nitrogens with zero attached hydrogens (tertiary/aromatic N) is 1. The molecule has 0 aliphatic rings. The second kappa shape index (κ2) is 4.09. The van der Waals surface area contributed by atoms with Crippen molar-refractivity contribution in [2.75, 3.05) is 6.61 Å². The molecule has 0 saturated carbocycles. The number of aromatic nitrogens is 1. The molecule has 0 amide bonds. The summed E-state index contributed by atoms with van der Waals surface area (Å²) >= 11 is 0. The van der Waals surface area contributed by atoms with Crippen LogP contribution in [-0.4, -0.2) is 11.7 Å². The number of rotatable bonds is 3. The highest BCUT2D eigenvalue weighted by Gasteiger charge is 2.05. The van der Waals surface area contributed by atoms with Crippen molar-refractivity contribution in [1.29, 1.82) is 0 Å². The minimum absolute atomic E-state index is 0.252. The van der Waals surface area contributed by atoms with Gasteiger partial charge < -0.3 is 5.11 Å². The monoisotopic (exact) mass is 152 g/mol. The van der Waals surface area contributed by atoms with Crippen molar-refractivity contribution in [2.24, 2.45) is 5.92 Å². The summed E-state index contributed by atoms with van der Waals surface area (Å²) in [5.41, 5.74) is 0. The first-order valence-corrected chi connectivity index (χ1v) is 3.88. The van der Waals surface area contributed by atoms with Gasteiger partial charge in [-0.2, -0.15) is 0 Å². The van der Waals surface area contributed by atoms with Gasteiger partial charge in [-0.25, -0.2) is 4.57 Å². The first kappa shape index (κ1) is 8.21. The van der Waals surface area contributed by atoms with Crippen molar-refractivity contribution in [3.8, 4) is 0 Å². The summed E-state index contributed by atoms with van der Waals surface area (Å²) < 4.78 is 2.07. The fourth-order valence-corrected chi connectivity index (χ4v) is 0.974. The maximum atomic E-state index is 8.78. The second-order valence-electron chi connectivity index (χ2n) is 2.86. The highest BCUT2D eigenvalue weighted by molar-refractivity contribution is 4.83. The van der Waals surface area contributed by atoms with Crippen LogP contribution in [0.1, 0.15) is 6.92 Å². The molecule has 2 heteroatoms. The Balaban J connectivity index is 2.51. The predicted molar refractivity (Wildman–Crippen MR) is 42.9 cm³/mol. The fourth-order valence-electron chi connectivity index (χ4n) is 0.974. The summed E-state index contributed by atoms with van der Waals surface area (Å²) in [7, 11) is 0. The maximum absolute atomic E-state index is 8.78. The van der Waals surface area contributed by atoms with E-state index in [1.54, 1.807) is 0 Å². The molecule has 2 nitrogen and oxygen atoms in total. The summed E-state index contributed by atoms with van der Waals surface area (Å²) in [5, 5.41) is 8.78. The Morgan fingerprint density at radius 1 is 1.27 bits per heavy atom. The summed E-state index contributed by atoms with van der Waals surface area (Å²) in [6, 6.07) is 5.97. The molecule has 0 bridgehead atoms. The van der Waals surface area contributed by atoms with Crippen molar-refractivity contribution < 1.29 is 9.67 Å². The van der Waals surface area contributed by atoms with Gasteiger partial charge in [-0.05, 0) is 0 Å². The maximum Gasteiger partial charge on any atom is 0.168 e. The molecule has 0 fully saturated rings. The molecule has 1 aromatic heterocycles. The molecule has 1 N–H and O–H groups in total. The zero-order valence-electron chi connectivity index (χ0n) is 6.77. The third-order valence-corrected chi connectivity index (χ3v) is 1.61. The molecule has 0 aromatic carbocycles. The lowest BCUT2D eigenvalue weighted by Gasteiger charge is -2.01. The molecule has 0 saturated heterocycles. The molecule has 0 aliphatic carbocycles. The minimum Gasteiger partial charge on any atom is -0.396 e. The molecule has 0 aliphatic heterocycles. The molecule has 1 rings (SSSR count). The molecular formula is C9H14NO+.